The van der Waals surface area contributed by atoms with E-state index in [0.29, 0.717) is 10.2 Å². The number of alkyl halides is 3. The van der Waals surface area contributed by atoms with E-state index in [0.717, 1.165) is 23.6 Å². The van der Waals surface area contributed by atoms with Crippen molar-refractivity contribution in [1.82, 2.24) is 19.6 Å². The van der Waals surface area contributed by atoms with Crippen molar-refractivity contribution in [1.29, 1.82) is 0 Å². The van der Waals surface area contributed by atoms with Crippen LogP contribution in [-0.2, 0) is 16.2 Å². The number of carboxylic acids is 1. The van der Waals surface area contributed by atoms with Gasteiger partial charge in [-0.25, -0.2) is 27.9 Å². The number of fused-ring (bicyclic) bond motifs is 1. The Morgan fingerprint density at radius 3 is 2.31 bits per heavy atom. The molecule has 1 aromatic carbocycles. The Hall–Kier alpha value is -2.98. The van der Waals surface area contributed by atoms with E-state index in [4.69, 9.17) is 39.2 Å². The van der Waals surface area contributed by atoms with Gasteiger partial charge in [0, 0.05) is 5.56 Å². The maximum atomic E-state index is 13.3. The number of sulfonamides is 1. The first-order valence-corrected chi connectivity index (χ1v) is 12.1. The van der Waals surface area contributed by atoms with Gasteiger partial charge < -0.3 is 15.8 Å². The van der Waals surface area contributed by atoms with Gasteiger partial charge in [0.25, 0.3) is 0 Å². The number of hydrogen-bond acceptors (Lipinski definition) is 7. The van der Waals surface area contributed by atoms with E-state index in [9.17, 15) is 26.4 Å². The molecule has 0 aliphatic heterocycles. The third-order valence-electron chi connectivity index (χ3n) is 4.22. The Morgan fingerprint density at radius 2 is 1.86 bits per heavy atom. The Balaban J connectivity index is 0.000000261. The molecule has 4 aromatic rings. The van der Waals surface area contributed by atoms with Crippen molar-refractivity contribution in [3.8, 4) is 11.3 Å². The molecule has 0 aliphatic carbocycles. The average molecular weight is 568 g/mol. The minimum atomic E-state index is -4.76. The lowest BCUT2D eigenvalue weighted by Crippen LogP contribution is -2.14. The highest BCUT2D eigenvalue weighted by molar-refractivity contribution is 7.91. The van der Waals surface area contributed by atoms with Crippen LogP contribution in [0.15, 0.2) is 34.7 Å². The number of aromatic nitrogens is 4. The molecule has 0 fully saturated rings. The van der Waals surface area contributed by atoms with Crippen molar-refractivity contribution in [3.63, 3.8) is 0 Å². The van der Waals surface area contributed by atoms with E-state index in [2.05, 4.69) is 15.1 Å². The van der Waals surface area contributed by atoms with Crippen molar-refractivity contribution in [2.24, 2.45) is 5.14 Å². The zero-order valence-electron chi connectivity index (χ0n) is 17.1. The van der Waals surface area contributed by atoms with Gasteiger partial charge in [-0.2, -0.15) is 18.3 Å². The Kier molecular flexibility index (Phi) is 7.29. The number of aromatic carboxylic acids is 1. The number of aryl methyl sites for hydroxylation is 1. The van der Waals surface area contributed by atoms with E-state index in [1.165, 1.54) is 25.1 Å². The first-order valence-electron chi connectivity index (χ1n) is 8.96. The van der Waals surface area contributed by atoms with Gasteiger partial charge >= 0.3 is 12.1 Å². The summed E-state index contributed by atoms with van der Waals surface area (Å²) in [5.41, 5.74) is 5.46. The lowest BCUT2D eigenvalue weighted by molar-refractivity contribution is -0.142. The van der Waals surface area contributed by atoms with Crippen LogP contribution in [0.25, 0.3) is 22.6 Å². The lowest BCUT2D eigenvalue weighted by Gasteiger charge is -2.11. The zero-order valence-corrected chi connectivity index (χ0v) is 20.3. The van der Waals surface area contributed by atoms with E-state index in [1.54, 1.807) is 0 Å². The summed E-state index contributed by atoms with van der Waals surface area (Å²) in [4.78, 5) is 18.8. The van der Waals surface area contributed by atoms with Crippen molar-refractivity contribution < 1.29 is 31.5 Å². The van der Waals surface area contributed by atoms with Gasteiger partial charge in [-0.3, -0.25) is 0 Å². The topological polar surface area (TPSA) is 164 Å². The number of nitrogens with two attached hydrogens (primary N) is 1. The highest BCUT2D eigenvalue weighted by atomic mass is 35.5. The summed E-state index contributed by atoms with van der Waals surface area (Å²) in [6, 6.07) is 4.96. The van der Waals surface area contributed by atoms with Gasteiger partial charge in [0.15, 0.2) is 11.3 Å². The number of halogens is 5. The third-order valence-corrected chi connectivity index (χ3v) is 7.48. The van der Waals surface area contributed by atoms with Crippen LogP contribution in [0.2, 0.25) is 10.0 Å². The van der Waals surface area contributed by atoms with Gasteiger partial charge in [-0.1, -0.05) is 29.3 Å². The van der Waals surface area contributed by atoms with E-state index in [1.807, 2.05) is 0 Å². The van der Waals surface area contributed by atoms with Crippen LogP contribution in [0, 0.1) is 6.92 Å². The summed E-state index contributed by atoms with van der Waals surface area (Å²) in [6.45, 7) is 1.51. The average Bonchev–Trinajstić information content (AvgIpc) is 3.31. The zero-order chi connectivity index (χ0) is 26.3. The third kappa shape index (κ3) is 5.82. The lowest BCUT2D eigenvalue weighted by atomic mass is 10.1. The Morgan fingerprint density at radius 1 is 1.20 bits per heavy atom. The second-order valence-corrected chi connectivity index (χ2v) is 10.3. The van der Waals surface area contributed by atoms with Crippen LogP contribution in [0.3, 0.4) is 0 Å². The molecule has 0 atom stereocenters. The number of thiazole rings is 1. The van der Waals surface area contributed by atoms with Crippen molar-refractivity contribution in [2.75, 3.05) is 0 Å². The standard InChI is InChI=1S/C14H6Cl2F3N3O2.C4H6N3O2S2/c15-8-2-1-6(3-9(8)16)10-4-11(14(17,18)19)22-12(21-10)7(5-20-22)13(23)24;1-2-3(11(6,8)9)10-4(5)7-2/h1-5H,(H,23,24);1H3,(H3-,5,6,7,8,9)/q;-1. The highest BCUT2D eigenvalue weighted by Crippen LogP contribution is 2.34. The van der Waals surface area contributed by atoms with Gasteiger partial charge in [-0.15, -0.1) is 11.3 Å². The molecule has 0 unspecified atom stereocenters. The molecule has 3 aromatic heterocycles. The minimum Gasteiger partial charge on any atom is -0.477 e. The maximum Gasteiger partial charge on any atom is 0.433 e. The molecule has 0 radical (unpaired) electrons. The smallest absolute Gasteiger partial charge is 0.433 e. The van der Waals surface area contributed by atoms with Crippen LogP contribution < -0.4 is 5.14 Å². The summed E-state index contributed by atoms with van der Waals surface area (Å²) in [6.07, 6.45) is -3.94. The number of nitrogens with zero attached hydrogens (tertiary/aromatic N) is 4. The van der Waals surface area contributed by atoms with Crippen LogP contribution in [0.5, 0.6) is 0 Å². The van der Waals surface area contributed by atoms with Crippen molar-refractivity contribution >= 4 is 61.3 Å². The summed E-state index contributed by atoms with van der Waals surface area (Å²) in [5.74, 6) is -1.43. The van der Waals surface area contributed by atoms with Gasteiger partial charge in [-0.05, 0) is 35.9 Å². The number of rotatable bonds is 3. The van der Waals surface area contributed by atoms with Crippen LogP contribution in [0.1, 0.15) is 21.7 Å². The molecular formula is C18H12Cl2F3N6O4S2-. The van der Waals surface area contributed by atoms with E-state index >= 15 is 0 Å². The monoisotopic (exact) mass is 567 g/mol. The molecule has 4 rings (SSSR count). The second-order valence-electron chi connectivity index (χ2n) is 6.69. The number of benzene rings is 1. The predicted molar refractivity (Wildman–Crippen MR) is 123 cm³/mol. The van der Waals surface area contributed by atoms with Crippen molar-refractivity contribution in [3.05, 3.63) is 63.2 Å². The van der Waals surface area contributed by atoms with Crippen LogP contribution >= 0.6 is 34.5 Å². The fourth-order valence-corrected chi connectivity index (χ4v) is 4.77. The first-order chi connectivity index (χ1) is 16.1. The largest absolute Gasteiger partial charge is 0.477 e. The van der Waals surface area contributed by atoms with Gasteiger partial charge in [0.2, 0.25) is 10.0 Å². The number of hydrogen-bond donors (Lipinski definition) is 2. The molecule has 0 saturated carbocycles. The molecule has 0 amide bonds. The molecule has 186 valence electrons. The predicted octanol–water partition coefficient (Wildman–Crippen LogP) is 5.20. The first kappa shape index (κ1) is 26.6. The molecule has 0 saturated heterocycles. The molecule has 4 N–H and O–H groups in total. The molecule has 17 heteroatoms. The van der Waals surface area contributed by atoms with Crippen LogP contribution in [0.4, 0.5) is 18.3 Å². The summed E-state index contributed by atoms with van der Waals surface area (Å²) in [7, 11) is -3.68. The molecule has 0 bridgehead atoms. The Bertz CT molecular complexity index is 1550. The molecule has 0 aliphatic rings. The normalized spacial score (nSPS) is 11.9. The quantitative estimate of drug-likeness (QED) is 0.343. The minimum absolute atomic E-state index is 0.0255. The number of carbonyl (C=O) groups is 1. The van der Waals surface area contributed by atoms with Gasteiger partial charge in [0.05, 0.1) is 21.9 Å². The fourth-order valence-electron chi connectivity index (χ4n) is 2.77. The van der Waals surface area contributed by atoms with E-state index in [-0.39, 0.29) is 30.6 Å². The summed E-state index contributed by atoms with van der Waals surface area (Å²) in [5, 5.41) is 17.7. The molecule has 10 nitrogen and oxygen atoms in total. The molecule has 0 spiro atoms. The molecule has 35 heavy (non-hydrogen) atoms. The molecule has 3 heterocycles. The number of carboxylic acid groups (broad SMARTS) is 1. The fraction of sp³-hybridized carbons (Fsp3) is 0.111. The summed E-state index contributed by atoms with van der Waals surface area (Å²) >= 11 is 12.4. The van der Waals surface area contributed by atoms with Crippen LogP contribution in [-0.4, -0.2) is 39.1 Å². The second kappa shape index (κ2) is 9.58. The van der Waals surface area contributed by atoms with E-state index < -0.39 is 39.1 Å². The SMILES string of the molecule is Cc1nc([NH-])sc1S(N)(=O)=O.O=C(O)c1cnn2c(C(F)(F)F)cc(-c3ccc(Cl)c(Cl)c3)nc12. The van der Waals surface area contributed by atoms with Gasteiger partial charge in [0.1, 0.15) is 9.77 Å². The molecular weight excluding hydrogens is 556 g/mol. The highest BCUT2D eigenvalue weighted by Gasteiger charge is 2.36. The summed E-state index contributed by atoms with van der Waals surface area (Å²) < 4.78 is 61.7. The number of primary sulfonamides is 1. The Labute approximate surface area is 209 Å². The van der Waals surface area contributed by atoms with Crippen molar-refractivity contribution in [2.45, 2.75) is 17.3 Å². The maximum absolute atomic E-state index is 13.3. The number of nitrogens with one attached hydrogen (secondary N) is 1.